The molecule has 0 radical (unpaired) electrons. The summed E-state index contributed by atoms with van der Waals surface area (Å²) in [7, 11) is 0. The predicted molar refractivity (Wildman–Crippen MR) is 97.9 cm³/mol. The minimum Gasteiger partial charge on any atom is -0.369 e. The topological polar surface area (TPSA) is 55.6 Å². The van der Waals surface area contributed by atoms with Gasteiger partial charge in [-0.3, -0.25) is 0 Å². The van der Waals surface area contributed by atoms with Crippen molar-refractivity contribution < 1.29 is 0 Å². The van der Waals surface area contributed by atoms with E-state index in [2.05, 4.69) is 57.6 Å². The fraction of sp³-hybridized carbons (Fsp3) is 0.167. The van der Waals surface area contributed by atoms with E-state index in [-0.39, 0.29) is 0 Å². The van der Waals surface area contributed by atoms with Gasteiger partial charge in [0.15, 0.2) is 0 Å². The third-order valence-electron chi connectivity index (χ3n) is 3.86. The Morgan fingerprint density at radius 1 is 1.17 bits per heavy atom. The number of thiophene rings is 1. The number of anilines is 1. The molecule has 5 nitrogen and oxygen atoms in total. The Morgan fingerprint density at radius 2 is 2.04 bits per heavy atom. The fourth-order valence-corrected chi connectivity index (χ4v) is 3.53. The molecule has 0 unspecified atom stereocenters. The van der Waals surface area contributed by atoms with Crippen molar-refractivity contribution in [3.8, 4) is 5.69 Å². The molecular formula is C18H17N5S. The number of hydrogen-bond acceptors (Lipinski definition) is 5. The molecule has 0 aliphatic rings. The Labute approximate surface area is 144 Å². The second-order valence-corrected chi connectivity index (χ2v) is 6.83. The van der Waals surface area contributed by atoms with Crippen LogP contribution in [0.25, 0.3) is 15.9 Å². The molecule has 3 aromatic heterocycles. The van der Waals surface area contributed by atoms with Gasteiger partial charge in [-0.25, -0.2) is 14.6 Å². The Balaban J connectivity index is 1.41. The van der Waals surface area contributed by atoms with Gasteiger partial charge in [0.1, 0.15) is 17.0 Å². The largest absolute Gasteiger partial charge is 0.369 e. The van der Waals surface area contributed by atoms with Crippen LogP contribution in [0.4, 0.5) is 5.82 Å². The third-order valence-corrected chi connectivity index (χ3v) is 4.82. The maximum Gasteiger partial charge on any atom is 0.138 e. The summed E-state index contributed by atoms with van der Waals surface area (Å²) in [5, 5.41) is 8.78. The van der Waals surface area contributed by atoms with E-state index in [4.69, 9.17) is 0 Å². The summed E-state index contributed by atoms with van der Waals surface area (Å²) >= 11 is 1.70. The van der Waals surface area contributed by atoms with Crippen LogP contribution in [0, 0.1) is 6.92 Å². The van der Waals surface area contributed by atoms with Gasteiger partial charge in [0, 0.05) is 23.8 Å². The number of nitrogens with one attached hydrogen (secondary N) is 1. The maximum absolute atomic E-state index is 4.37. The zero-order chi connectivity index (χ0) is 16.4. The SMILES string of the molecule is Cc1cc2c(NCCc3ccc(-n4cccn4)cc3)ncnc2s1. The molecule has 0 fully saturated rings. The summed E-state index contributed by atoms with van der Waals surface area (Å²) < 4.78 is 1.86. The molecule has 0 spiro atoms. The molecular weight excluding hydrogens is 318 g/mol. The van der Waals surface area contributed by atoms with E-state index in [1.165, 1.54) is 10.4 Å². The summed E-state index contributed by atoms with van der Waals surface area (Å²) in [6.45, 7) is 2.93. The van der Waals surface area contributed by atoms with Crippen molar-refractivity contribution in [3.05, 3.63) is 65.6 Å². The Kier molecular flexibility index (Phi) is 3.96. The number of nitrogens with zero attached hydrogens (tertiary/aromatic N) is 4. The molecule has 6 heteroatoms. The minimum absolute atomic E-state index is 0.835. The normalized spacial score (nSPS) is 11.0. The summed E-state index contributed by atoms with van der Waals surface area (Å²) in [6.07, 6.45) is 6.29. The third kappa shape index (κ3) is 3.00. The van der Waals surface area contributed by atoms with Gasteiger partial charge in [-0.05, 0) is 43.2 Å². The van der Waals surface area contributed by atoms with Crippen LogP contribution in [-0.4, -0.2) is 26.3 Å². The van der Waals surface area contributed by atoms with Crippen molar-refractivity contribution in [1.29, 1.82) is 0 Å². The predicted octanol–water partition coefficient (Wildman–Crippen LogP) is 3.84. The van der Waals surface area contributed by atoms with Crippen molar-refractivity contribution in [2.45, 2.75) is 13.3 Å². The molecule has 0 aliphatic heterocycles. The van der Waals surface area contributed by atoms with Crippen LogP contribution < -0.4 is 5.32 Å². The molecule has 24 heavy (non-hydrogen) atoms. The molecule has 1 N–H and O–H groups in total. The molecule has 3 heterocycles. The molecule has 120 valence electrons. The Bertz CT molecular complexity index is 941. The molecule has 1 aromatic carbocycles. The van der Waals surface area contributed by atoms with Crippen molar-refractivity contribution >= 4 is 27.4 Å². The van der Waals surface area contributed by atoms with Crippen LogP contribution in [0.3, 0.4) is 0 Å². The van der Waals surface area contributed by atoms with E-state index in [0.717, 1.165) is 34.7 Å². The lowest BCUT2D eigenvalue weighted by Crippen LogP contribution is -2.06. The highest BCUT2D eigenvalue weighted by atomic mass is 32.1. The van der Waals surface area contributed by atoms with Crippen molar-refractivity contribution in [3.63, 3.8) is 0 Å². The number of hydrogen-bond donors (Lipinski definition) is 1. The van der Waals surface area contributed by atoms with Gasteiger partial charge in [0.25, 0.3) is 0 Å². The van der Waals surface area contributed by atoms with Crippen LogP contribution in [0.1, 0.15) is 10.4 Å². The second-order valence-electron chi connectivity index (χ2n) is 5.59. The summed E-state index contributed by atoms with van der Waals surface area (Å²) in [4.78, 5) is 11.0. The lowest BCUT2D eigenvalue weighted by Gasteiger charge is -2.07. The summed E-state index contributed by atoms with van der Waals surface area (Å²) in [6, 6.07) is 12.5. The highest BCUT2D eigenvalue weighted by Gasteiger charge is 2.06. The number of fused-ring (bicyclic) bond motifs is 1. The highest BCUT2D eigenvalue weighted by Crippen LogP contribution is 2.27. The van der Waals surface area contributed by atoms with Gasteiger partial charge in [0.05, 0.1) is 11.1 Å². The lowest BCUT2D eigenvalue weighted by atomic mass is 10.1. The van der Waals surface area contributed by atoms with Crippen LogP contribution in [0.5, 0.6) is 0 Å². The van der Waals surface area contributed by atoms with Crippen molar-refractivity contribution in [2.75, 3.05) is 11.9 Å². The molecule has 0 atom stereocenters. The zero-order valence-corrected chi connectivity index (χ0v) is 14.1. The van der Waals surface area contributed by atoms with Gasteiger partial charge in [-0.15, -0.1) is 11.3 Å². The van der Waals surface area contributed by atoms with E-state index >= 15 is 0 Å². The molecule has 0 saturated carbocycles. The zero-order valence-electron chi connectivity index (χ0n) is 13.3. The van der Waals surface area contributed by atoms with Crippen LogP contribution in [-0.2, 0) is 6.42 Å². The first-order valence-corrected chi connectivity index (χ1v) is 8.65. The van der Waals surface area contributed by atoms with Gasteiger partial charge in [-0.2, -0.15) is 5.10 Å². The number of benzene rings is 1. The van der Waals surface area contributed by atoms with Crippen LogP contribution >= 0.6 is 11.3 Å². The number of rotatable bonds is 5. The lowest BCUT2D eigenvalue weighted by molar-refractivity contribution is 0.878. The molecule has 4 rings (SSSR count). The van der Waals surface area contributed by atoms with Gasteiger partial charge < -0.3 is 5.32 Å². The second kappa shape index (κ2) is 6.41. The van der Waals surface area contributed by atoms with Crippen molar-refractivity contribution in [1.82, 2.24) is 19.7 Å². The first kappa shape index (κ1) is 14.8. The van der Waals surface area contributed by atoms with E-state index in [1.807, 2.05) is 16.9 Å². The average Bonchev–Trinajstić information content (AvgIpc) is 3.24. The number of aromatic nitrogens is 4. The average molecular weight is 335 g/mol. The maximum atomic E-state index is 4.37. The Morgan fingerprint density at radius 3 is 2.83 bits per heavy atom. The van der Waals surface area contributed by atoms with Gasteiger partial charge in [0.2, 0.25) is 0 Å². The quantitative estimate of drug-likeness (QED) is 0.602. The monoisotopic (exact) mass is 335 g/mol. The summed E-state index contributed by atoms with van der Waals surface area (Å²) in [5.41, 5.74) is 2.35. The highest BCUT2D eigenvalue weighted by molar-refractivity contribution is 7.18. The van der Waals surface area contributed by atoms with E-state index in [9.17, 15) is 0 Å². The molecule has 0 bridgehead atoms. The summed E-state index contributed by atoms with van der Waals surface area (Å²) in [5.74, 6) is 0.914. The number of aryl methyl sites for hydroxylation is 1. The van der Waals surface area contributed by atoms with Crippen LogP contribution in [0.15, 0.2) is 55.1 Å². The molecule has 0 amide bonds. The first-order chi connectivity index (χ1) is 11.8. The van der Waals surface area contributed by atoms with Crippen LogP contribution in [0.2, 0.25) is 0 Å². The van der Waals surface area contributed by atoms with E-state index in [1.54, 1.807) is 23.9 Å². The van der Waals surface area contributed by atoms with E-state index < -0.39 is 0 Å². The van der Waals surface area contributed by atoms with Gasteiger partial charge >= 0.3 is 0 Å². The smallest absolute Gasteiger partial charge is 0.138 e. The molecule has 0 aliphatic carbocycles. The van der Waals surface area contributed by atoms with Gasteiger partial charge in [-0.1, -0.05) is 12.1 Å². The van der Waals surface area contributed by atoms with E-state index in [0.29, 0.717) is 0 Å². The Hall–Kier alpha value is -2.73. The standard InChI is InChI=1S/C18H17N5S/c1-13-11-16-17(20-12-21-18(16)24-13)19-9-7-14-3-5-15(6-4-14)23-10-2-8-22-23/h2-6,8,10-12H,7,9H2,1H3,(H,19,20,21). The molecule has 4 aromatic rings. The fourth-order valence-electron chi connectivity index (χ4n) is 2.68. The molecule has 0 saturated heterocycles. The van der Waals surface area contributed by atoms with Crippen molar-refractivity contribution in [2.24, 2.45) is 0 Å². The first-order valence-electron chi connectivity index (χ1n) is 7.83. The minimum atomic E-state index is 0.835.